The first kappa shape index (κ1) is 42.2. The van der Waals surface area contributed by atoms with E-state index in [1.165, 1.54) is 19.9 Å². The average molecular weight is 835 g/mol. The molecule has 322 valence electrons. The van der Waals surface area contributed by atoms with Crippen LogP contribution in [0.25, 0.3) is 10.9 Å². The molecule has 2 saturated carbocycles. The summed E-state index contributed by atoms with van der Waals surface area (Å²) in [6.45, 7) is 7.12. The summed E-state index contributed by atoms with van der Waals surface area (Å²) in [5.74, 6) is -1.96. The number of nitrogens with one attached hydrogen (secondary N) is 3. The molecule has 5 amide bonds. The van der Waals surface area contributed by atoms with Gasteiger partial charge in [0.25, 0.3) is 17.7 Å². The quantitative estimate of drug-likeness (QED) is 0.120. The number of carbonyl (C=O) groups is 5. The van der Waals surface area contributed by atoms with Crippen LogP contribution in [0.1, 0.15) is 140 Å². The number of piperidine rings is 1. The maximum absolute atomic E-state index is 14.6. The molecule has 1 unspecified atom stereocenters. The maximum Gasteiger partial charge on any atom is 0.274 e. The van der Waals surface area contributed by atoms with Gasteiger partial charge in [0.1, 0.15) is 17.4 Å². The maximum atomic E-state index is 14.6. The number of halogens is 1. The Balaban J connectivity index is 0.846. The van der Waals surface area contributed by atoms with Crippen molar-refractivity contribution in [3.63, 3.8) is 0 Å². The molecule has 2 aromatic carbocycles. The minimum atomic E-state index is -1.70. The van der Waals surface area contributed by atoms with Crippen molar-refractivity contribution in [3.05, 3.63) is 82.8 Å². The molecule has 1 saturated heterocycles. The molecule has 2 aromatic heterocycles. The number of nitrogens with zero attached hydrogens (tertiary/aromatic N) is 5. The van der Waals surface area contributed by atoms with Gasteiger partial charge in [-0.2, -0.15) is 5.10 Å². The molecule has 4 aromatic rings. The zero-order chi connectivity index (χ0) is 43.4. The summed E-state index contributed by atoms with van der Waals surface area (Å²) in [5, 5.41) is 25.6. The number of pyridine rings is 1. The van der Waals surface area contributed by atoms with Crippen molar-refractivity contribution in [2.45, 2.75) is 127 Å². The smallest absolute Gasteiger partial charge is 0.274 e. The van der Waals surface area contributed by atoms with Crippen LogP contribution in [0.5, 0.6) is 0 Å². The fraction of sp³-hybridized carbons (Fsp3) is 0.500. The molecule has 8 rings (SSSR count). The summed E-state index contributed by atoms with van der Waals surface area (Å²) < 4.78 is 16.6. The highest BCUT2D eigenvalue weighted by molar-refractivity contribution is 6.25. The minimum absolute atomic E-state index is 0.0781. The van der Waals surface area contributed by atoms with Gasteiger partial charge in [-0.25, -0.2) is 9.37 Å². The highest BCUT2D eigenvalue weighted by Gasteiger charge is 2.46. The van der Waals surface area contributed by atoms with E-state index in [0.717, 1.165) is 73.7 Å². The predicted octanol–water partition coefficient (Wildman–Crippen LogP) is 6.60. The van der Waals surface area contributed by atoms with Crippen molar-refractivity contribution >= 4 is 51.8 Å². The second-order valence-electron chi connectivity index (χ2n) is 18.4. The minimum Gasteiger partial charge on any atom is -0.386 e. The van der Waals surface area contributed by atoms with Gasteiger partial charge in [0.15, 0.2) is 0 Å². The molecular weight excluding hydrogens is 780 g/mol. The third kappa shape index (κ3) is 8.67. The lowest BCUT2D eigenvalue weighted by molar-refractivity contribution is -0.136. The Hall–Kier alpha value is -5.54. The number of amides is 5. The van der Waals surface area contributed by atoms with Crippen LogP contribution in [0.15, 0.2) is 54.7 Å². The molecule has 0 bridgehead atoms. The number of hydrogen-bond acceptors (Lipinski definition) is 10. The number of rotatable bonds is 11. The van der Waals surface area contributed by atoms with E-state index >= 15 is 0 Å². The Morgan fingerprint density at radius 2 is 1.64 bits per heavy atom. The molecule has 15 heteroatoms. The fourth-order valence-corrected chi connectivity index (χ4v) is 9.63. The van der Waals surface area contributed by atoms with Gasteiger partial charge < -0.3 is 20.6 Å². The number of alkyl halides is 1. The SMILES string of the molecule is CN(CC1CCC(n2cc3cc(NC(=O)c4cccc(C(C)(C)F)n4)c(C(C)(C)O)cc3n2)CC1)C1CCC(Nc2cccc3c2C(=O)N(C2CCC(=O)NC2=O)C3=O)CC1. The van der Waals surface area contributed by atoms with Crippen molar-refractivity contribution in [3.8, 4) is 0 Å². The molecule has 4 aliphatic rings. The number of benzene rings is 2. The van der Waals surface area contributed by atoms with Crippen LogP contribution in [-0.2, 0) is 20.9 Å². The second kappa shape index (κ2) is 16.4. The van der Waals surface area contributed by atoms with Crippen molar-refractivity contribution in [2.75, 3.05) is 24.2 Å². The van der Waals surface area contributed by atoms with E-state index in [4.69, 9.17) is 5.10 Å². The highest BCUT2D eigenvalue weighted by atomic mass is 19.1. The number of fused-ring (bicyclic) bond motifs is 2. The van der Waals surface area contributed by atoms with Crippen molar-refractivity contribution in [1.29, 1.82) is 0 Å². The van der Waals surface area contributed by atoms with Gasteiger partial charge >= 0.3 is 0 Å². The Morgan fingerprint density at radius 3 is 2.33 bits per heavy atom. The summed E-state index contributed by atoms with van der Waals surface area (Å²) in [5.41, 5.74) is 0.139. The average Bonchev–Trinajstić information content (AvgIpc) is 3.75. The molecule has 3 fully saturated rings. The number of anilines is 2. The van der Waals surface area contributed by atoms with E-state index in [9.17, 15) is 33.5 Å². The summed E-state index contributed by atoms with van der Waals surface area (Å²) >= 11 is 0. The van der Waals surface area contributed by atoms with Gasteiger partial charge in [-0.3, -0.25) is 38.9 Å². The molecule has 0 radical (unpaired) electrons. The third-order valence-corrected chi connectivity index (χ3v) is 13.0. The second-order valence-corrected chi connectivity index (χ2v) is 18.4. The van der Waals surface area contributed by atoms with Crippen LogP contribution in [0, 0.1) is 5.92 Å². The molecule has 14 nitrogen and oxygen atoms in total. The standard InChI is InChI=1S/C46H55FN8O6/c1-45(2,47)38-11-7-10-34(49-38)41(57)50-36-22-27-25-54(52-35(27)23-32(36)46(3,4)61)30-16-12-26(13-17-30)24-53(5)29-18-14-28(15-19-29)48-33-9-6-8-31-40(33)44(60)55(43(31)59)37-20-21-39(56)51-42(37)58/h6-11,22-23,25-26,28-30,37,48,61H,12-21,24H2,1-5H3,(H,50,57)(H,51,56,58). The van der Waals surface area contributed by atoms with Gasteiger partial charge in [0, 0.05) is 53.6 Å². The number of imide groups is 2. The van der Waals surface area contributed by atoms with Crippen LogP contribution >= 0.6 is 0 Å². The normalized spacial score (nSPS) is 23.7. The van der Waals surface area contributed by atoms with Crippen LogP contribution < -0.4 is 16.0 Å². The molecule has 4 heterocycles. The van der Waals surface area contributed by atoms with E-state index in [2.05, 4.69) is 32.9 Å². The zero-order valence-corrected chi connectivity index (χ0v) is 35.5. The van der Waals surface area contributed by atoms with E-state index in [-0.39, 0.29) is 41.9 Å². The first-order chi connectivity index (χ1) is 28.9. The highest BCUT2D eigenvalue weighted by Crippen LogP contribution is 2.38. The number of aromatic nitrogens is 3. The van der Waals surface area contributed by atoms with E-state index in [0.29, 0.717) is 34.5 Å². The molecule has 2 aliphatic heterocycles. The van der Waals surface area contributed by atoms with Gasteiger partial charge in [-0.05, 0) is 135 Å². The largest absolute Gasteiger partial charge is 0.386 e. The molecule has 0 spiro atoms. The Labute approximate surface area is 354 Å². The van der Waals surface area contributed by atoms with E-state index in [1.807, 2.05) is 29.1 Å². The lowest BCUT2D eigenvalue weighted by atomic mass is 9.84. The Bertz CT molecular complexity index is 2380. The molecule has 61 heavy (non-hydrogen) atoms. The molecule has 1 atom stereocenters. The lowest BCUT2D eigenvalue weighted by Gasteiger charge is -2.38. The summed E-state index contributed by atoms with van der Waals surface area (Å²) in [7, 11) is 2.22. The van der Waals surface area contributed by atoms with Gasteiger partial charge in [-0.15, -0.1) is 0 Å². The van der Waals surface area contributed by atoms with Crippen LogP contribution in [-0.4, -0.2) is 90.9 Å². The summed E-state index contributed by atoms with van der Waals surface area (Å²) in [6, 6.07) is 13.4. The number of hydrogen-bond donors (Lipinski definition) is 4. The number of carbonyl (C=O) groups excluding carboxylic acids is 5. The first-order valence-corrected chi connectivity index (χ1v) is 21.5. The van der Waals surface area contributed by atoms with Crippen LogP contribution in [0.3, 0.4) is 0 Å². The monoisotopic (exact) mass is 834 g/mol. The number of aliphatic hydroxyl groups is 1. The molecule has 4 N–H and O–H groups in total. The third-order valence-electron chi connectivity index (χ3n) is 13.0. The zero-order valence-electron chi connectivity index (χ0n) is 35.5. The first-order valence-electron chi connectivity index (χ1n) is 21.5. The Kier molecular flexibility index (Phi) is 11.3. The van der Waals surface area contributed by atoms with Crippen molar-refractivity contribution in [2.24, 2.45) is 5.92 Å². The molecular formula is C46H55FN8O6. The topological polar surface area (TPSA) is 179 Å². The predicted molar refractivity (Wildman–Crippen MR) is 228 cm³/mol. The fourth-order valence-electron chi connectivity index (χ4n) is 9.63. The van der Waals surface area contributed by atoms with Gasteiger partial charge in [-0.1, -0.05) is 12.1 Å². The van der Waals surface area contributed by atoms with Crippen molar-refractivity contribution in [1.82, 2.24) is 29.9 Å². The van der Waals surface area contributed by atoms with Gasteiger partial charge in [0.05, 0.1) is 34.0 Å². The summed E-state index contributed by atoms with van der Waals surface area (Å²) in [6.07, 6.45) is 10.2. The van der Waals surface area contributed by atoms with Crippen molar-refractivity contribution < 1.29 is 33.5 Å². The Morgan fingerprint density at radius 1 is 0.918 bits per heavy atom. The summed E-state index contributed by atoms with van der Waals surface area (Å²) in [4.78, 5) is 72.2. The molecule has 2 aliphatic carbocycles. The van der Waals surface area contributed by atoms with Gasteiger partial charge in [0.2, 0.25) is 11.8 Å². The van der Waals surface area contributed by atoms with Crippen LogP contribution in [0.2, 0.25) is 0 Å². The van der Waals surface area contributed by atoms with Crippen LogP contribution in [0.4, 0.5) is 15.8 Å². The van der Waals surface area contributed by atoms with E-state index < -0.39 is 46.8 Å². The van der Waals surface area contributed by atoms with E-state index in [1.54, 1.807) is 38.1 Å². The lowest BCUT2D eigenvalue weighted by Crippen LogP contribution is -2.54.